The molecule has 1 aliphatic rings. The van der Waals surface area contributed by atoms with Crippen molar-refractivity contribution in [3.63, 3.8) is 0 Å². The molecule has 5 nitrogen and oxygen atoms in total. The zero-order valence-corrected chi connectivity index (χ0v) is 12.0. The number of rotatable bonds is 3. The van der Waals surface area contributed by atoms with Crippen molar-refractivity contribution >= 4 is 11.7 Å². The fraction of sp³-hybridized carbons (Fsp3) is 0.571. The lowest BCUT2D eigenvalue weighted by atomic mass is 10.2. The van der Waals surface area contributed by atoms with E-state index < -0.39 is 0 Å². The molecule has 0 bridgehead atoms. The van der Waals surface area contributed by atoms with E-state index in [0.717, 1.165) is 43.3 Å². The van der Waals surface area contributed by atoms with Gasteiger partial charge >= 0.3 is 0 Å². The molecule has 0 amide bonds. The molecular formula is C14H23N5. The highest BCUT2D eigenvalue weighted by molar-refractivity contribution is 5.95. The highest BCUT2D eigenvalue weighted by Crippen LogP contribution is 2.17. The van der Waals surface area contributed by atoms with E-state index >= 15 is 0 Å². The Hall–Kier alpha value is -1.62. The summed E-state index contributed by atoms with van der Waals surface area (Å²) < 4.78 is 0. The van der Waals surface area contributed by atoms with Gasteiger partial charge in [-0.3, -0.25) is 10.3 Å². The normalized spacial score (nSPS) is 16.9. The third-order valence-corrected chi connectivity index (χ3v) is 3.62. The fourth-order valence-electron chi connectivity index (χ4n) is 2.44. The summed E-state index contributed by atoms with van der Waals surface area (Å²) in [5.74, 6) is 1.04. The van der Waals surface area contributed by atoms with Crippen molar-refractivity contribution in [2.24, 2.45) is 5.73 Å². The average molecular weight is 261 g/mol. The highest BCUT2D eigenvalue weighted by atomic mass is 15.3. The average Bonchev–Trinajstić information content (AvgIpc) is 2.38. The summed E-state index contributed by atoms with van der Waals surface area (Å²) in [5, 5.41) is 7.55. The van der Waals surface area contributed by atoms with E-state index in [1.54, 1.807) is 0 Å². The number of aromatic nitrogens is 1. The van der Waals surface area contributed by atoms with Gasteiger partial charge in [-0.05, 0) is 32.9 Å². The molecule has 104 valence electrons. The van der Waals surface area contributed by atoms with Crippen molar-refractivity contribution in [2.45, 2.75) is 26.8 Å². The molecule has 0 saturated carbocycles. The number of pyridine rings is 1. The number of nitrogen functional groups attached to an aromatic ring is 1. The predicted octanol–water partition coefficient (Wildman–Crippen LogP) is 1.20. The van der Waals surface area contributed by atoms with E-state index in [1.807, 2.05) is 19.1 Å². The molecule has 2 rings (SSSR count). The first-order chi connectivity index (χ1) is 8.97. The quantitative estimate of drug-likeness (QED) is 0.634. The molecule has 0 atom stereocenters. The van der Waals surface area contributed by atoms with Gasteiger partial charge in [0.2, 0.25) is 0 Å². The van der Waals surface area contributed by atoms with Crippen LogP contribution in [0.4, 0.5) is 5.82 Å². The summed E-state index contributed by atoms with van der Waals surface area (Å²) in [6, 6.07) is 4.37. The second-order valence-corrected chi connectivity index (χ2v) is 5.39. The van der Waals surface area contributed by atoms with E-state index in [9.17, 15) is 0 Å². The van der Waals surface area contributed by atoms with E-state index in [-0.39, 0.29) is 5.84 Å². The van der Waals surface area contributed by atoms with Gasteiger partial charge in [0.1, 0.15) is 11.7 Å². The predicted molar refractivity (Wildman–Crippen MR) is 78.9 cm³/mol. The second kappa shape index (κ2) is 5.57. The summed E-state index contributed by atoms with van der Waals surface area (Å²) in [7, 11) is 0. The zero-order valence-electron chi connectivity index (χ0n) is 12.0. The highest BCUT2D eigenvalue weighted by Gasteiger charge is 2.20. The number of hydrogen-bond acceptors (Lipinski definition) is 4. The van der Waals surface area contributed by atoms with Crippen LogP contribution in [0.3, 0.4) is 0 Å². The molecule has 0 spiro atoms. The first-order valence-corrected chi connectivity index (χ1v) is 6.79. The molecule has 5 heteroatoms. The first-order valence-electron chi connectivity index (χ1n) is 6.79. The maximum Gasteiger partial charge on any atom is 0.129 e. The van der Waals surface area contributed by atoms with Crippen molar-refractivity contribution in [2.75, 3.05) is 31.1 Å². The van der Waals surface area contributed by atoms with E-state index in [1.165, 1.54) is 0 Å². The van der Waals surface area contributed by atoms with Crippen molar-refractivity contribution in [3.05, 3.63) is 23.4 Å². The van der Waals surface area contributed by atoms with E-state index in [4.69, 9.17) is 11.1 Å². The zero-order chi connectivity index (χ0) is 14.0. The van der Waals surface area contributed by atoms with Gasteiger partial charge in [-0.25, -0.2) is 4.98 Å². The number of hydrogen-bond donors (Lipinski definition) is 2. The third kappa shape index (κ3) is 3.23. The number of piperazine rings is 1. The van der Waals surface area contributed by atoms with Crippen LogP contribution in [-0.4, -0.2) is 47.9 Å². The Labute approximate surface area is 114 Å². The van der Waals surface area contributed by atoms with Crippen LogP contribution in [0.5, 0.6) is 0 Å². The van der Waals surface area contributed by atoms with Crippen LogP contribution in [0.1, 0.15) is 25.1 Å². The fourth-order valence-corrected chi connectivity index (χ4v) is 2.44. The Kier molecular flexibility index (Phi) is 4.04. The standard InChI is InChI=1S/C14H23N5/c1-10(2)18-4-6-19(7-5-18)13-9-12(14(15)16)8-11(3)17-13/h8-10H,4-7H2,1-3H3,(H3,15,16). The van der Waals surface area contributed by atoms with Crippen molar-refractivity contribution in [1.29, 1.82) is 5.41 Å². The van der Waals surface area contributed by atoms with Gasteiger partial charge in [0.05, 0.1) is 0 Å². The summed E-state index contributed by atoms with van der Waals surface area (Å²) >= 11 is 0. The monoisotopic (exact) mass is 261 g/mol. The van der Waals surface area contributed by atoms with Crippen molar-refractivity contribution in [3.8, 4) is 0 Å². The number of aryl methyl sites for hydroxylation is 1. The lowest BCUT2D eigenvalue weighted by Crippen LogP contribution is -2.49. The molecule has 0 unspecified atom stereocenters. The van der Waals surface area contributed by atoms with Crippen LogP contribution in [0.2, 0.25) is 0 Å². The van der Waals surface area contributed by atoms with Crippen LogP contribution in [-0.2, 0) is 0 Å². The minimum Gasteiger partial charge on any atom is -0.384 e. The Morgan fingerprint density at radius 2 is 1.89 bits per heavy atom. The Bertz CT molecular complexity index is 461. The lowest BCUT2D eigenvalue weighted by molar-refractivity contribution is 0.209. The van der Waals surface area contributed by atoms with E-state index in [0.29, 0.717) is 6.04 Å². The molecular weight excluding hydrogens is 238 g/mol. The summed E-state index contributed by atoms with van der Waals surface area (Å²) in [5.41, 5.74) is 7.24. The van der Waals surface area contributed by atoms with Gasteiger partial charge in [0, 0.05) is 43.5 Å². The Morgan fingerprint density at radius 3 is 2.42 bits per heavy atom. The second-order valence-electron chi connectivity index (χ2n) is 5.39. The van der Waals surface area contributed by atoms with Crippen LogP contribution in [0, 0.1) is 12.3 Å². The molecule has 2 heterocycles. The molecule has 3 N–H and O–H groups in total. The van der Waals surface area contributed by atoms with Crippen LogP contribution in [0.15, 0.2) is 12.1 Å². The maximum absolute atomic E-state index is 7.55. The smallest absolute Gasteiger partial charge is 0.129 e. The topological polar surface area (TPSA) is 69.2 Å². The number of amidine groups is 1. The van der Waals surface area contributed by atoms with Gasteiger partial charge < -0.3 is 10.6 Å². The van der Waals surface area contributed by atoms with E-state index in [2.05, 4.69) is 28.6 Å². The summed E-state index contributed by atoms with van der Waals surface area (Å²) in [6.45, 7) is 10.5. The molecule has 0 aliphatic carbocycles. The molecule has 1 aromatic rings. The van der Waals surface area contributed by atoms with Gasteiger partial charge in [0.25, 0.3) is 0 Å². The largest absolute Gasteiger partial charge is 0.384 e. The molecule has 1 aliphatic heterocycles. The first kappa shape index (κ1) is 13.8. The minimum absolute atomic E-state index is 0.104. The van der Waals surface area contributed by atoms with Gasteiger partial charge in [0.15, 0.2) is 0 Å². The number of nitrogens with zero attached hydrogens (tertiary/aromatic N) is 3. The molecule has 1 saturated heterocycles. The number of anilines is 1. The Morgan fingerprint density at radius 1 is 1.26 bits per heavy atom. The number of nitrogens with one attached hydrogen (secondary N) is 1. The van der Waals surface area contributed by atoms with Crippen molar-refractivity contribution < 1.29 is 0 Å². The lowest BCUT2D eigenvalue weighted by Gasteiger charge is -2.37. The van der Waals surface area contributed by atoms with Crippen LogP contribution in [0.25, 0.3) is 0 Å². The maximum atomic E-state index is 7.55. The summed E-state index contributed by atoms with van der Waals surface area (Å²) in [6.07, 6.45) is 0. The van der Waals surface area contributed by atoms with Gasteiger partial charge in [-0.15, -0.1) is 0 Å². The molecule has 0 aromatic carbocycles. The van der Waals surface area contributed by atoms with Gasteiger partial charge in [-0.1, -0.05) is 0 Å². The summed E-state index contributed by atoms with van der Waals surface area (Å²) in [4.78, 5) is 9.31. The van der Waals surface area contributed by atoms with Crippen LogP contribution < -0.4 is 10.6 Å². The third-order valence-electron chi connectivity index (χ3n) is 3.62. The van der Waals surface area contributed by atoms with Crippen LogP contribution >= 0.6 is 0 Å². The molecule has 1 fully saturated rings. The molecule has 19 heavy (non-hydrogen) atoms. The number of nitrogens with two attached hydrogens (primary N) is 1. The van der Waals surface area contributed by atoms with Crippen molar-refractivity contribution in [1.82, 2.24) is 9.88 Å². The molecule has 1 aromatic heterocycles. The minimum atomic E-state index is 0.104. The molecule has 0 radical (unpaired) electrons. The SMILES string of the molecule is Cc1cc(C(=N)N)cc(N2CCN(C(C)C)CC2)n1. The van der Waals surface area contributed by atoms with Gasteiger partial charge in [-0.2, -0.15) is 0 Å². The Balaban J connectivity index is 2.13.